The van der Waals surface area contributed by atoms with Gasteiger partial charge in [0.2, 0.25) is 0 Å². The highest BCUT2D eigenvalue weighted by atomic mass is 32.1. The third-order valence-electron chi connectivity index (χ3n) is 2.59. The smallest absolute Gasteiger partial charge is 0.141 e. The lowest BCUT2D eigenvalue weighted by atomic mass is 10.1. The summed E-state index contributed by atoms with van der Waals surface area (Å²) in [4.78, 5) is 4.44. The minimum Gasteiger partial charge on any atom is -0.495 e. The first-order valence-corrected chi connectivity index (χ1v) is 6.40. The van der Waals surface area contributed by atoms with Gasteiger partial charge in [-0.25, -0.2) is 4.98 Å². The number of nitrogens with zero attached hydrogens (tertiary/aromatic N) is 1. The molecule has 0 unspecified atom stereocenters. The number of aryl methyl sites for hydroxylation is 3. The summed E-state index contributed by atoms with van der Waals surface area (Å²) in [7, 11) is 1.63. The molecule has 1 heterocycles. The van der Waals surface area contributed by atoms with E-state index in [0.717, 1.165) is 24.3 Å². The number of nitrogen functional groups attached to an aromatic ring is 1. The third-order valence-corrected chi connectivity index (χ3v) is 3.61. The molecule has 0 bridgehead atoms. The minimum absolute atomic E-state index is 0.695. The molecule has 0 spiro atoms. The Morgan fingerprint density at radius 2 is 2.18 bits per heavy atom. The van der Waals surface area contributed by atoms with Gasteiger partial charge in [0, 0.05) is 17.5 Å². The fourth-order valence-corrected chi connectivity index (χ4v) is 2.48. The highest BCUT2D eigenvalue weighted by molar-refractivity contribution is 7.09. The van der Waals surface area contributed by atoms with Crippen molar-refractivity contribution in [2.24, 2.45) is 0 Å². The van der Waals surface area contributed by atoms with Gasteiger partial charge in [-0.2, -0.15) is 0 Å². The number of methoxy groups -OCH3 is 1. The maximum Gasteiger partial charge on any atom is 0.141 e. The minimum atomic E-state index is 0.695. The SMILES string of the molecule is COc1ccc(CCc2nc(C)cs2)cc1N. The molecule has 1 aromatic heterocycles. The average Bonchev–Trinajstić information content (AvgIpc) is 2.73. The van der Waals surface area contributed by atoms with Gasteiger partial charge in [0.1, 0.15) is 5.75 Å². The fraction of sp³-hybridized carbons (Fsp3) is 0.308. The average molecular weight is 248 g/mol. The Morgan fingerprint density at radius 1 is 1.35 bits per heavy atom. The van der Waals surface area contributed by atoms with Gasteiger partial charge in [-0.3, -0.25) is 0 Å². The molecule has 0 aliphatic heterocycles. The van der Waals surface area contributed by atoms with E-state index in [2.05, 4.69) is 16.4 Å². The van der Waals surface area contributed by atoms with E-state index in [1.54, 1.807) is 18.4 Å². The number of rotatable bonds is 4. The van der Waals surface area contributed by atoms with Crippen LogP contribution in [0.2, 0.25) is 0 Å². The third kappa shape index (κ3) is 2.97. The molecular formula is C13H16N2OS. The van der Waals surface area contributed by atoms with Crippen LogP contribution in [0.25, 0.3) is 0 Å². The Kier molecular flexibility index (Phi) is 3.64. The van der Waals surface area contributed by atoms with Gasteiger partial charge in [-0.05, 0) is 31.0 Å². The van der Waals surface area contributed by atoms with E-state index in [4.69, 9.17) is 10.5 Å². The first kappa shape index (κ1) is 11.9. The second-order valence-electron chi connectivity index (χ2n) is 3.96. The molecule has 1 aromatic carbocycles. The van der Waals surface area contributed by atoms with Gasteiger partial charge >= 0.3 is 0 Å². The van der Waals surface area contributed by atoms with E-state index in [1.807, 2.05) is 19.1 Å². The molecule has 2 N–H and O–H groups in total. The normalized spacial score (nSPS) is 10.5. The molecule has 0 fully saturated rings. The van der Waals surface area contributed by atoms with Gasteiger partial charge < -0.3 is 10.5 Å². The quantitative estimate of drug-likeness (QED) is 0.846. The summed E-state index contributed by atoms with van der Waals surface area (Å²) in [5.74, 6) is 0.735. The summed E-state index contributed by atoms with van der Waals surface area (Å²) in [6.07, 6.45) is 1.92. The van der Waals surface area contributed by atoms with Crippen LogP contribution in [0.5, 0.6) is 5.75 Å². The topological polar surface area (TPSA) is 48.1 Å². The monoisotopic (exact) mass is 248 g/mol. The van der Waals surface area contributed by atoms with E-state index >= 15 is 0 Å². The Bertz CT molecular complexity index is 508. The lowest BCUT2D eigenvalue weighted by Gasteiger charge is -2.06. The summed E-state index contributed by atoms with van der Waals surface area (Å²) in [5.41, 5.74) is 8.88. The van der Waals surface area contributed by atoms with E-state index in [9.17, 15) is 0 Å². The van der Waals surface area contributed by atoms with Gasteiger partial charge in [0.25, 0.3) is 0 Å². The maximum atomic E-state index is 5.87. The largest absolute Gasteiger partial charge is 0.495 e. The molecule has 2 rings (SSSR count). The first-order chi connectivity index (χ1) is 8.19. The van der Waals surface area contributed by atoms with Crippen LogP contribution >= 0.6 is 11.3 Å². The Balaban J connectivity index is 2.02. The van der Waals surface area contributed by atoms with Crippen molar-refractivity contribution in [2.75, 3.05) is 12.8 Å². The van der Waals surface area contributed by atoms with Crippen LogP contribution in [0.4, 0.5) is 5.69 Å². The van der Waals surface area contributed by atoms with Crippen molar-refractivity contribution in [3.05, 3.63) is 39.8 Å². The number of aromatic nitrogens is 1. The molecule has 17 heavy (non-hydrogen) atoms. The molecule has 0 atom stereocenters. The van der Waals surface area contributed by atoms with Crippen molar-refractivity contribution in [1.29, 1.82) is 0 Å². The van der Waals surface area contributed by atoms with E-state index < -0.39 is 0 Å². The second-order valence-corrected chi connectivity index (χ2v) is 4.90. The number of thiazole rings is 1. The number of hydrogen-bond donors (Lipinski definition) is 1. The Hall–Kier alpha value is -1.55. The number of anilines is 1. The van der Waals surface area contributed by atoms with E-state index in [1.165, 1.54) is 10.6 Å². The molecule has 0 radical (unpaired) electrons. The summed E-state index contributed by atoms with van der Waals surface area (Å²) >= 11 is 1.71. The molecule has 2 aromatic rings. The summed E-state index contributed by atoms with van der Waals surface area (Å²) in [5, 5.41) is 3.26. The Labute approximate surface area is 105 Å². The van der Waals surface area contributed by atoms with Crippen LogP contribution < -0.4 is 10.5 Å². The van der Waals surface area contributed by atoms with Crippen molar-refractivity contribution in [2.45, 2.75) is 19.8 Å². The number of nitrogens with two attached hydrogens (primary N) is 1. The molecular weight excluding hydrogens is 232 g/mol. The number of benzene rings is 1. The molecule has 3 nitrogen and oxygen atoms in total. The van der Waals surface area contributed by atoms with Crippen molar-refractivity contribution >= 4 is 17.0 Å². The van der Waals surface area contributed by atoms with Crippen LogP contribution in [0.1, 0.15) is 16.3 Å². The lowest BCUT2D eigenvalue weighted by molar-refractivity contribution is 0.417. The highest BCUT2D eigenvalue weighted by Crippen LogP contribution is 2.23. The van der Waals surface area contributed by atoms with E-state index in [-0.39, 0.29) is 0 Å². The summed E-state index contributed by atoms with van der Waals surface area (Å²) < 4.78 is 5.13. The first-order valence-electron chi connectivity index (χ1n) is 5.52. The zero-order chi connectivity index (χ0) is 12.3. The standard InChI is InChI=1S/C13H16N2OS/c1-9-8-17-13(15-9)6-4-10-3-5-12(16-2)11(14)7-10/h3,5,7-8H,4,6,14H2,1-2H3. The van der Waals surface area contributed by atoms with Gasteiger partial charge in [-0.15, -0.1) is 11.3 Å². The van der Waals surface area contributed by atoms with Crippen LogP contribution in [-0.4, -0.2) is 12.1 Å². The molecule has 0 saturated heterocycles. The summed E-state index contributed by atoms with van der Waals surface area (Å²) in [6.45, 7) is 2.02. The fourth-order valence-electron chi connectivity index (χ4n) is 1.71. The van der Waals surface area contributed by atoms with Crippen molar-refractivity contribution in [3.63, 3.8) is 0 Å². The van der Waals surface area contributed by atoms with Crippen LogP contribution in [0.15, 0.2) is 23.6 Å². The highest BCUT2D eigenvalue weighted by Gasteiger charge is 2.03. The predicted octanol–water partition coefficient (Wildman–Crippen LogP) is 2.83. The molecule has 0 aliphatic rings. The maximum absolute atomic E-state index is 5.87. The molecule has 0 saturated carbocycles. The zero-order valence-electron chi connectivity index (χ0n) is 10.1. The van der Waals surface area contributed by atoms with Gasteiger partial charge in [0.05, 0.1) is 17.8 Å². The molecule has 0 amide bonds. The van der Waals surface area contributed by atoms with Crippen molar-refractivity contribution < 1.29 is 4.74 Å². The van der Waals surface area contributed by atoms with Crippen LogP contribution in [0.3, 0.4) is 0 Å². The predicted molar refractivity (Wildman–Crippen MR) is 71.7 cm³/mol. The molecule has 0 aliphatic carbocycles. The molecule has 90 valence electrons. The second kappa shape index (κ2) is 5.19. The van der Waals surface area contributed by atoms with Gasteiger partial charge in [0.15, 0.2) is 0 Å². The lowest BCUT2D eigenvalue weighted by Crippen LogP contribution is -1.96. The zero-order valence-corrected chi connectivity index (χ0v) is 10.9. The van der Waals surface area contributed by atoms with Crippen molar-refractivity contribution in [3.8, 4) is 5.75 Å². The van der Waals surface area contributed by atoms with Crippen LogP contribution in [0, 0.1) is 6.92 Å². The molecule has 4 heteroatoms. The van der Waals surface area contributed by atoms with Gasteiger partial charge in [-0.1, -0.05) is 6.07 Å². The number of ether oxygens (including phenoxy) is 1. The Morgan fingerprint density at radius 3 is 2.76 bits per heavy atom. The number of hydrogen-bond acceptors (Lipinski definition) is 4. The van der Waals surface area contributed by atoms with Crippen molar-refractivity contribution in [1.82, 2.24) is 4.98 Å². The van der Waals surface area contributed by atoms with Crippen LogP contribution in [-0.2, 0) is 12.8 Å². The van der Waals surface area contributed by atoms with E-state index in [0.29, 0.717) is 5.69 Å². The summed E-state index contributed by atoms with van der Waals surface area (Å²) in [6, 6.07) is 5.94.